The number of esters is 1. The molecule has 0 radical (unpaired) electrons. The van der Waals surface area contributed by atoms with Crippen molar-refractivity contribution < 1.29 is 13.7 Å². The first-order valence-corrected chi connectivity index (χ1v) is 8.34. The summed E-state index contributed by atoms with van der Waals surface area (Å²) in [5, 5.41) is 9.25. The van der Waals surface area contributed by atoms with E-state index in [4.69, 9.17) is 16.7 Å². The van der Waals surface area contributed by atoms with Crippen LogP contribution in [0.15, 0.2) is 53.4 Å². The maximum Gasteiger partial charge on any atom is 0.337 e. The van der Waals surface area contributed by atoms with Crippen LogP contribution < -0.4 is 10.5 Å². The van der Waals surface area contributed by atoms with Gasteiger partial charge in [-0.25, -0.2) is 9.00 Å². The van der Waals surface area contributed by atoms with Gasteiger partial charge in [0.2, 0.25) is 0 Å². The van der Waals surface area contributed by atoms with E-state index in [1.807, 2.05) is 0 Å². The fourth-order valence-corrected chi connectivity index (χ4v) is 2.83. The molecule has 3 N–H and O–H groups in total. The summed E-state index contributed by atoms with van der Waals surface area (Å²) in [4.78, 5) is 11.8. The number of ether oxygens (including phenoxy) is 1. The summed E-state index contributed by atoms with van der Waals surface area (Å²) in [7, 11) is -1.53. The highest BCUT2D eigenvalue weighted by molar-refractivity contribution is 7.99. The number of rotatable bonds is 4. The van der Waals surface area contributed by atoms with E-state index in [2.05, 4.69) is 10.1 Å². The average molecular weight is 339 g/mol. The first-order chi connectivity index (χ1) is 10.4. The molecule has 0 heterocycles. The van der Waals surface area contributed by atoms with E-state index in [0.29, 0.717) is 21.2 Å². The molecule has 116 valence electrons. The van der Waals surface area contributed by atoms with Gasteiger partial charge in [0.15, 0.2) is 0 Å². The number of hydrogen-bond acceptors (Lipinski definition) is 3. The minimum absolute atomic E-state index is 0.417. The second-order valence-electron chi connectivity index (χ2n) is 4.43. The van der Waals surface area contributed by atoms with Crippen molar-refractivity contribution in [3.63, 3.8) is 0 Å². The van der Waals surface area contributed by atoms with Crippen molar-refractivity contribution in [1.29, 1.82) is 0 Å². The van der Waals surface area contributed by atoms with Crippen molar-refractivity contribution in [2.24, 2.45) is 5.14 Å². The van der Waals surface area contributed by atoms with Crippen LogP contribution in [0.5, 0.6) is 0 Å². The number of halogens is 1. The quantitative estimate of drug-likeness (QED) is 0.663. The lowest BCUT2D eigenvalue weighted by atomic mass is 10.2. The van der Waals surface area contributed by atoms with Gasteiger partial charge in [-0.1, -0.05) is 11.6 Å². The Balaban J connectivity index is 2.18. The van der Waals surface area contributed by atoms with Gasteiger partial charge in [-0.2, -0.15) is 0 Å². The van der Waals surface area contributed by atoms with Gasteiger partial charge in [-0.05, 0) is 48.5 Å². The van der Waals surface area contributed by atoms with Crippen LogP contribution in [0, 0.1) is 0 Å². The molecule has 0 bridgehead atoms. The summed E-state index contributed by atoms with van der Waals surface area (Å²) in [5.74, 6) is -0.417. The van der Waals surface area contributed by atoms with E-state index in [-0.39, 0.29) is 0 Å². The number of nitrogens with two attached hydrogens (primary N) is 1. The molecule has 0 aromatic heterocycles. The molecule has 0 spiro atoms. The zero-order valence-corrected chi connectivity index (χ0v) is 13.4. The minimum atomic E-state index is -2.84. The highest BCUT2D eigenvalue weighted by Crippen LogP contribution is 2.14. The summed E-state index contributed by atoms with van der Waals surface area (Å²) in [6.45, 7) is 0. The van der Waals surface area contributed by atoms with Crippen LogP contribution in [0.4, 0.5) is 5.69 Å². The number of anilines is 1. The van der Waals surface area contributed by atoms with Gasteiger partial charge in [0.05, 0.1) is 27.9 Å². The monoisotopic (exact) mass is 338 g/mol. The molecule has 1 unspecified atom stereocenters. The summed E-state index contributed by atoms with van der Waals surface area (Å²) in [5.41, 5.74) is 2.41. The third kappa shape index (κ3) is 4.00. The summed E-state index contributed by atoms with van der Waals surface area (Å²) >= 11 is 5.79. The molecule has 0 aliphatic heterocycles. The lowest BCUT2D eigenvalue weighted by molar-refractivity contribution is 0.0601. The lowest BCUT2D eigenvalue weighted by Crippen LogP contribution is -2.19. The molecule has 22 heavy (non-hydrogen) atoms. The summed E-state index contributed by atoms with van der Waals surface area (Å²) in [6.07, 6.45) is 0. The molecule has 2 aromatic rings. The highest BCUT2D eigenvalue weighted by Gasteiger charge is 2.06. The fourth-order valence-electron chi connectivity index (χ4n) is 1.69. The Bertz CT molecular complexity index is 779. The molecule has 0 saturated heterocycles. The molecule has 0 aliphatic rings. The van der Waals surface area contributed by atoms with E-state index in [9.17, 15) is 9.00 Å². The molecular weight excluding hydrogens is 324 g/mol. The van der Waals surface area contributed by atoms with Crippen molar-refractivity contribution in [3.8, 4) is 0 Å². The largest absolute Gasteiger partial charge is 0.465 e. The van der Waals surface area contributed by atoms with Crippen molar-refractivity contribution >= 4 is 38.5 Å². The lowest BCUT2D eigenvalue weighted by Gasteiger charge is -2.07. The SMILES string of the molecule is COC(=O)c1ccc(NC=S(N)(=O)c2ccc(Cl)cc2)cc1. The molecule has 0 amide bonds. The predicted octanol–water partition coefficient (Wildman–Crippen LogP) is 2.52. The van der Waals surface area contributed by atoms with Crippen molar-refractivity contribution in [2.45, 2.75) is 4.90 Å². The Labute approximate surface area is 134 Å². The minimum Gasteiger partial charge on any atom is -0.465 e. The number of hydrogen-bond donors (Lipinski definition) is 2. The van der Waals surface area contributed by atoms with Gasteiger partial charge in [-0.3, -0.25) is 5.14 Å². The third-order valence-corrected chi connectivity index (χ3v) is 4.62. The van der Waals surface area contributed by atoms with Crippen molar-refractivity contribution in [3.05, 3.63) is 59.1 Å². The fraction of sp³-hybridized carbons (Fsp3) is 0.0667. The zero-order chi connectivity index (χ0) is 16.2. The Hall–Kier alpha value is -2.02. The number of nitrogens with one attached hydrogen (secondary N) is 1. The van der Waals surface area contributed by atoms with Gasteiger partial charge in [-0.15, -0.1) is 0 Å². The maximum absolute atomic E-state index is 12.4. The van der Waals surface area contributed by atoms with E-state index in [1.165, 1.54) is 12.6 Å². The molecule has 0 aliphatic carbocycles. The van der Waals surface area contributed by atoms with Crippen LogP contribution in [0.2, 0.25) is 5.02 Å². The van der Waals surface area contributed by atoms with Gasteiger partial charge in [0.25, 0.3) is 0 Å². The number of methoxy groups -OCH3 is 1. The van der Waals surface area contributed by atoms with Crippen LogP contribution in [-0.2, 0) is 14.4 Å². The molecule has 2 aromatic carbocycles. The van der Waals surface area contributed by atoms with Crippen LogP contribution in [0.3, 0.4) is 0 Å². The van der Waals surface area contributed by atoms with Crippen LogP contribution in [0.25, 0.3) is 0 Å². The zero-order valence-electron chi connectivity index (χ0n) is 11.8. The summed E-state index contributed by atoms with van der Waals surface area (Å²) < 4.78 is 17.1. The second kappa shape index (κ2) is 6.83. The topological polar surface area (TPSA) is 81.4 Å². The highest BCUT2D eigenvalue weighted by atomic mass is 35.5. The van der Waals surface area contributed by atoms with Gasteiger partial charge >= 0.3 is 5.97 Å². The smallest absolute Gasteiger partial charge is 0.337 e. The van der Waals surface area contributed by atoms with E-state index in [0.717, 1.165) is 0 Å². The maximum atomic E-state index is 12.4. The van der Waals surface area contributed by atoms with E-state index < -0.39 is 15.7 Å². The van der Waals surface area contributed by atoms with Crippen molar-refractivity contribution in [2.75, 3.05) is 12.4 Å². The van der Waals surface area contributed by atoms with Gasteiger partial charge in [0, 0.05) is 15.6 Å². The molecule has 2 rings (SSSR count). The molecule has 0 fully saturated rings. The molecule has 0 saturated carbocycles. The Morgan fingerprint density at radius 2 is 1.77 bits per heavy atom. The Morgan fingerprint density at radius 3 is 2.32 bits per heavy atom. The summed E-state index contributed by atoms with van der Waals surface area (Å²) in [6, 6.07) is 13.0. The molecular formula is C15H15ClN2O3S. The Kier molecular flexibility index (Phi) is 5.07. The normalized spacial score (nSPS) is 13.0. The van der Waals surface area contributed by atoms with Crippen molar-refractivity contribution in [1.82, 2.24) is 0 Å². The van der Waals surface area contributed by atoms with Gasteiger partial charge < -0.3 is 10.1 Å². The average Bonchev–Trinajstić information content (AvgIpc) is 2.53. The standard InChI is InChI=1S/C15H15ClN2O3S/c1-21-15(19)11-2-6-13(7-3-11)18-10-22(17,20)14-8-4-12(16)5-9-14/h2-10,18H,1H3,(H2,17,20). The Morgan fingerprint density at radius 1 is 1.18 bits per heavy atom. The van der Waals surface area contributed by atoms with Gasteiger partial charge in [0.1, 0.15) is 0 Å². The third-order valence-electron chi connectivity index (χ3n) is 2.89. The first-order valence-electron chi connectivity index (χ1n) is 6.28. The number of carbonyl (C=O) groups excluding carboxylic acids is 1. The van der Waals surface area contributed by atoms with Crippen LogP contribution in [0.1, 0.15) is 10.4 Å². The van der Waals surface area contributed by atoms with Crippen LogP contribution >= 0.6 is 11.6 Å². The van der Waals surface area contributed by atoms with E-state index >= 15 is 0 Å². The predicted molar refractivity (Wildman–Crippen MR) is 89.5 cm³/mol. The first kappa shape index (κ1) is 16.4. The number of carbonyl (C=O) groups is 1. The number of benzene rings is 2. The molecule has 5 nitrogen and oxygen atoms in total. The molecule has 1 atom stereocenters. The second-order valence-corrected chi connectivity index (χ2v) is 6.87. The van der Waals surface area contributed by atoms with Crippen LogP contribution in [-0.4, -0.2) is 22.8 Å². The van der Waals surface area contributed by atoms with E-state index in [1.54, 1.807) is 48.5 Å². The molecule has 7 heteroatoms.